The third kappa shape index (κ3) is 4.70. The van der Waals surface area contributed by atoms with Crippen LogP contribution in [-0.2, 0) is 11.3 Å². The Hall–Kier alpha value is -1.75. The van der Waals surface area contributed by atoms with Gasteiger partial charge in [0, 0.05) is 12.5 Å². The maximum Gasteiger partial charge on any atom is 0.227 e. The van der Waals surface area contributed by atoms with Crippen LogP contribution in [0.2, 0.25) is 10.0 Å². The molecule has 0 saturated carbocycles. The number of likely N-dealkylation sites (tertiary alicyclic amines) is 1. The van der Waals surface area contributed by atoms with Gasteiger partial charge in [-0.05, 0) is 55.8 Å². The van der Waals surface area contributed by atoms with Crippen molar-refractivity contribution in [2.45, 2.75) is 19.4 Å². The molecule has 0 unspecified atom stereocenters. The predicted octanol–water partition coefficient (Wildman–Crippen LogP) is 4.85. The summed E-state index contributed by atoms with van der Waals surface area (Å²) in [4.78, 5) is 14.9. The summed E-state index contributed by atoms with van der Waals surface area (Å²) < 4.78 is 5.29. The lowest BCUT2D eigenvalue weighted by atomic mass is 9.95. The Morgan fingerprint density at radius 3 is 2.58 bits per heavy atom. The van der Waals surface area contributed by atoms with Gasteiger partial charge >= 0.3 is 0 Å². The highest BCUT2D eigenvalue weighted by Crippen LogP contribution is 2.27. The molecule has 0 aliphatic carbocycles. The molecule has 6 heteroatoms. The molecule has 4 nitrogen and oxygen atoms in total. The highest BCUT2D eigenvalue weighted by atomic mass is 35.5. The maximum absolute atomic E-state index is 12.6. The molecular weight excluding hydrogens is 371 g/mol. The van der Waals surface area contributed by atoms with Crippen LogP contribution in [0.25, 0.3) is 0 Å². The van der Waals surface area contributed by atoms with E-state index >= 15 is 0 Å². The Balaban J connectivity index is 1.53. The smallest absolute Gasteiger partial charge is 0.227 e. The van der Waals surface area contributed by atoms with Crippen molar-refractivity contribution in [3.8, 4) is 5.75 Å². The second-order valence-electron chi connectivity index (χ2n) is 6.49. The van der Waals surface area contributed by atoms with Crippen molar-refractivity contribution in [1.29, 1.82) is 0 Å². The first-order valence-corrected chi connectivity index (χ1v) is 9.42. The lowest BCUT2D eigenvalue weighted by molar-refractivity contribution is -0.121. The van der Waals surface area contributed by atoms with Gasteiger partial charge in [0.05, 0.1) is 22.8 Å². The number of carbonyl (C=O) groups is 1. The van der Waals surface area contributed by atoms with Gasteiger partial charge in [0.1, 0.15) is 5.75 Å². The fourth-order valence-corrected chi connectivity index (χ4v) is 3.55. The number of carbonyl (C=O) groups excluding carboxylic acids is 1. The van der Waals surface area contributed by atoms with Gasteiger partial charge in [-0.1, -0.05) is 41.4 Å². The number of halogens is 2. The fraction of sp³-hybridized carbons (Fsp3) is 0.350. The summed E-state index contributed by atoms with van der Waals surface area (Å²) in [6.07, 6.45) is 1.67. The van der Waals surface area contributed by atoms with Gasteiger partial charge < -0.3 is 10.1 Å². The number of benzene rings is 2. The highest BCUT2D eigenvalue weighted by Gasteiger charge is 2.25. The molecule has 1 saturated heterocycles. The number of piperidine rings is 1. The number of rotatable bonds is 5. The van der Waals surface area contributed by atoms with Gasteiger partial charge in [-0.25, -0.2) is 0 Å². The summed E-state index contributed by atoms with van der Waals surface area (Å²) in [5, 5.41) is 4.15. The van der Waals surface area contributed by atoms with Crippen LogP contribution in [0.5, 0.6) is 5.75 Å². The third-order valence-corrected chi connectivity index (χ3v) is 5.45. The average molecular weight is 393 g/mol. The van der Waals surface area contributed by atoms with Gasteiger partial charge in [0.15, 0.2) is 0 Å². The lowest BCUT2D eigenvalue weighted by Gasteiger charge is -2.31. The van der Waals surface area contributed by atoms with Gasteiger partial charge in [-0.2, -0.15) is 0 Å². The molecule has 1 aliphatic heterocycles. The Morgan fingerprint density at radius 2 is 1.88 bits per heavy atom. The molecule has 2 aromatic rings. The van der Waals surface area contributed by atoms with Crippen LogP contribution in [0.3, 0.4) is 0 Å². The molecule has 1 heterocycles. The Labute approximate surface area is 164 Å². The summed E-state index contributed by atoms with van der Waals surface area (Å²) in [6, 6.07) is 13.2. The van der Waals surface area contributed by atoms with Crippen molar-refractivity contribution in [2.75, 3.05) is 25.5 Å². The molecule has 2 aromatic carbocycles. The molecule has 26 heavy (non-hydrogen) atoms. The molecular formula is C20H22Cl2N2O2. The Morgan fingerprint density at radius 1 is 1.15 bits per heavy atom. The van der Waals surface area contributed by atoms with Crippen molar-refractivity contribution in [1.82, 2.24) is 4.90 Å². The molecule has 1 fully saturated rings. The zero-order valence-corrected chi connectivity index (χ0v) is 16.2. The summed E-state index contributed by atoms with van der Waals surface area (Å²) in [6.45, 7) is 2.58. The van der Waals surface area contributed by atoms with E-state index in [0.717, 1.165) is 43.7 Å². The van der Waals surface area contributed by atoms with Crippen LogP contribution in [0, 0.1) is 5.92 Å². The standard InChI is InChI=1S/C20H22Cl2N2O2/c1-26-19-5-3-2-4-18(19)23-20(25)15-8-10-24(11-9-15)13-14-6-7-16(21)17(22)12-14/h2-7,12,15H,8-11,13H2,1H3,(H,23,25). The second kappa shape index (κ2) is 8.76. The highest BCUT2D eigenvalue weighted by molar-refractivity contribution is 6.42. The summed E-state index contributed by atoms with van der Waals surface area (Å²) in [5.74, 6) is 0.756. The number of para-hydroxylation sites is 2. The van der Waals surface area contributed by atoms with E-state index in [0.29, 0.717) is 15.8 Å². The minimum Gasteiger partial charge on any atom is -0.495 e. The number of nitrogens with one attached hydrogen (secondary N) is 1. The first-order valence-electron chi connectivity index (χ1n) is 8.67. The van der Waals surface area contributed by atoms with E-state index in [1.165, 1.54) is 0 Å². The normalized spacial score (nSPS) is 15.7. The summed E-state index contributed by atoms with van der Waals surface area (Å²) in [5.41, 5.74) is 1.86. The fourth-order valence-electron chi connectivity index (χ4n) is 3.23. The minimum absolute atomic E-state index is 0.0185. The van der Waals surface area contributed by atoms with Crippen LogP contribution in [-0.4, -0.2) is 31.0 Å². The van der Waals surface area contributed by atoms with E-state index in [4.69, 9.17) is 27.9 Å². The van der Waals surface area contributed by atoms with Crippen LogP contribution in [0.1, 0.15) is 18.4 Å². The number of hydrogen-bond donors (Lipinski definition) is 1. The molecule has 1 amide bonds. The molecule has 1 aliphatic rings. The number of amides is 1. The first kappa shape index (κ1) is 19.0. The molecule has 138 valence electrons. The molecule has 0 aromatic heterocycles. The van der Waals surface area contributed by atoms with Gasteiger partial charge in [0.25, 0.3) is 0 Å². The quantitative estimate of drug-likeness (QED) is 0.790. The lowest BCUT2D eigenvalue weighted by Crippen LogP contribution is -2.37. The number of hydrogen-bond acceptors (Lipinski definition) is 3. The van der Waals surface area contributed by atoms with E-state index in [1.54, 1.807) is 7.11 Å². The number of anilines is 1. The monoisotopic (exact) mass is 392 g/mol. The average Bonchev–Trinajstić information content (AvgIpc) is 2.66. The zero-order valence-electron chi connectivity index (χ0n) is 14.7. The van der Waals surface area contributed by atoms with E-state index in [-0.39, 0.29) is 11.8 Å². The topological polar surface area (TPSA) is 41.6 Å². The summed E-state index contributed by atoms with van der Waals surface area (Å²) in [7, 11) is 1.60. The van der Waals surface area contributed by atoms with Gasteiger partial charge in [-0.15, -0.1) is 0 Å². The van der Waals surface area contributed by atoms with Gasteiger partial charge in [-0.3, -0.25) is 9.69 Å². The molecule has 3 rings (SSSR count). The Kier molecular flexibility index (Phi) is 6.41. The van der Waals surface area contributed by atoms with Crippen molar-refractivity contribution in [2.24, 2.45) is 5.92 Å². The summed E-state index contributed by atoms with van der Waals surface area (Å²) >= 11 is 12.1. The van der Waals surface area contributed by atoms with Crippen LogP contribution >= 0.6 is 23.2 Å². The van der Waals surface area contributed by atoms with Crippen molar-refractivity contribution in [3.05, 3.63) is 58.1 Å². The number of methoxy groups -OCH3 is 1. The number of nitrogens with zero attached hydrogens (tertiary/aromatic N) is 1. The van der Waals surface area contributed by atoms with E-state index in [1.807, 2.05) is 42.5 Å². The Bertz CT molecular complexity index is 774. The first-order chi connectivity index (χ1) is 12.6. The van der Waals surface area contributed by atoms with Crippen molar-refractivity contribution in [3.63, 3.8) is 0 Å². The molecule has 0 bridgehead atoms. The molecule has 0 atom stereocenters. The van der Waals surface area contributed by atoms with Crippen LogP contribution in [0.15, 0.2) is 42.5 Å². The van der Waals surface area contributed by atoms with Crippen molar-refractivity contribution < 1.29 is 9.53 Å². The van der Waals surface area contributed by atoms with E-state index < -0.39 is 0 Å². The van der Waals surface area contributed by atoms with Crippen molar-refractivity contribution >= 4 is 34.8 Å². The van der Waals surface area contributed by atoms with E-state index in [2.05, 4.69) is 10.2 Å². The maximum atomic E-state index is 12.6. The van der Waals surface area contributed by atoms with Crippen LogP contribution in [0.4, 0.5) is 5.69 Å². The van der Waals surface area contributed by atoms with Crippen LogP contribution < -0.4 is 10.1 Å². The van der Waals surface area contributed by atoms with E-state index in [9.17, 15) is 4.79 Å². The zero-order chi connectivity index (χ0) is 18.5. The largest absolute Gasteiger partial charge is 0.495 e. The molecule has 0 spiro atoms. The third-order valence-electron chi connectivity index (χ3n) is 4.71. The second-order valence-corrected chi connectivity index (χ2v) is 7.30. The molecule has 1 N–H and O–H groups in total. The SMILES string of the molecule is COc1ccccc1NC(=O)C1CCN(Cc2ccc(Cl)c(Cl)c2)CC1. The predicted molar refractivity (Wildman–Crippen MR) is 106 cm³/mol. The van der Waals surface area contributed by atoms with Gasteiger partial charge in [0.2, 0.25) is 5.91 Å². The number of ether oxygens (including phenoxy) is 1. The molecule has 0 radical (unpaired) electrons. The minimum atomic E-state index is 0.0185.